The molecule has 30 heavy (non-hydrogen) atoms. The van der Waals surface area contributed by atoms with E-state index < -0.39 is 17.5 Å². The summed E-state index contributed by atoms with van der Waals surface area (Å²) in [5.74, 6) is 1.01. The number of hydrazone groups is 1. The first-order valence-corrected chi connectivity index (χ1v) is 9.46. The number of amides is 3. The van der Waals surface area contributed by atoms with Gasteiger partial charge in [-0.25, -0.2) is 4.79 Å². The molecule has 1 aliphatic rings. The number of benzene rings is 2. The van der Waals surface area contributed by atoms with Crippen molar-refractivity contribution in [3.63, 3.8) is 0 Å². The Morgan fingerprint density at radius 2 is 1.67 bits per heavy atom. The van der Waals surface area contributed by atoms with Crippen LogP contribution in [0.15, 0.2) is 47.6 Å². The van der Waals surface area contributed by atoms with E-state index in [0.717, 1.165) is 10.6 Å². The third kappa shape index (κ3) is 4.22. The van der Waals surface area contributed by atoms with E-state index in [9.17, 15) is 9.59 Å². The Morgan fingerprint density at radius 1 is 1.03 bits per heavy atom. The molecule has 8 heteroatoms. The van der Waals surface area contributed by atoms with E-state index in [-0.39, 0.29) is 0 Å². The summed E-state index contributed by atoms with van der Waals surface area (Å²) in [5, 5.41) is 7.72. The fourth-order valence-electron chi connectivity index (χ4n) is 3.26. The molecule has 1 saturated heterocycles. The molecule has 1 atom stereocenters. The molecular weight excluding hydrogens is 386 g/mol. The lowest BCUT2D eigenvalue weighted by Crippen LogP contribution is -2.44. The molecule has 0 radical (unpaired) electrons. The van der Waals surface area contributed by atoms with Crippen LogP contribution >= 0.6 is 0 Å². The van der Waals surface area contributed by atoms with Crippen LogP contribution in [0.25, 0.3) is 0 Å². The van der Waals surface area contributed by atoms with Gasteiger partial charge in [-0.15, -0.1) is 5.01 Å². The summed E-state index contributed by atoms with van der Waals surface area (Å²) < 4.78 is 16.0. The number of ether oxygens (including phenoxy) is 3. The molecule has 0 unspecified atom stereocenters. The highest BCUT2D eigenvalue weighted by Crippen LogP contribution is 2.33. The van der Waals surface area contributed by atoms with E-state index in [0.29, 0.717) is 35.7 Å². The number of aryl methyl sites for hydroxylation is 1. The molecule has 0 spiro atoms. The second-order valence-corrected chi connectivity index (χ2v) is 7.05. The Hall–Kier alpha value is -3.55. The van der Waals surface area contributed by atoms with Gasteiger partial charge in [-0.3, -0.25) is 4.79 Å². The Bertz CT molecular complexity index is 935. The van der Waals surface area contributed by atoms with Gasteiger partial charge in [0.15, 0.2) is 0 Å². The van der Waals surface area contributed by atoms with Crippen LogP contribution in [0, 0.1) is 0 Å². The number of hydrogen-bond acceptors (Lipinski definition) is 6. The first-order chi connectivity index (χ1) is 14.4. The van der Waals surface area contributed by atoms with Gasteiger partial charge in [-0.05, 0) is 25.3 Å². The number of rotatable bonds is 8. The Labute approximate surface area is 175 Å². The number of hydrogen-bond donors (Lipinski definition) is 1. The van der Waals surface area contributed by atoms with Gasteiger partial charge in [0.2, 0.25) is 0 Å². The highest BCUT2D eigenvalue weighted by atomic mass is 16.5. The molecule has 0 aromatic heterocycles. The summed E-state index contributed by atoms with van der Waals surface area (Å²) in [6.07, 6.45) is 2.49. The zero-order chi connectivity index (χ0) is 21.7. The average Bonchev–Trinajstić information content (AvgIpc) is 2.99. The summed E-state index contributed by atoms with van der Waals surface area (Å²) >= 11 is 0. The fourth-order valence-corrected chi connectivity index (χ4v) is 3.26. The minimum atomic E-state index is -1.03. The summed E-state index contributed by atoms with van der Waals surface area (Å²) in [7, 11) is 4.53. The number of nitrogens with zero attached hydrogens (tertiary/aromatic N) is 2. The third-order valence-electron chi connectivity index (χ3n) is 5.05. The number of urea groups is 1. The van der Waals surface area contributed by atoms with E-state index in [1.54, 1.807) is 19.1 Å². The molecule has 2 aromatic rings. The van der Waals surface area contributed by atoms with Gasteiger partial charge in [0, 0.05) is 12.1 Å². The van der Waals surface area contributed by atoms with Crippen molar-refractivity contribution in [1.29, 1.82) is 0 Å². The zero-order valence-electron chi connectivity index (χ0n) is 17.5. The van der Waals surface area contributed by atoms with E-state index in [1.807, 2.05) is 30.3 Å². The van der Waals surface area contributed by atoms with Crippen LogP contribution in [0.5, 0.6) is 17.2 Å². The lowest BCUT2D eigenvalue weighted by atomic mass is 9.93. The van der Waals surface area contributed by atoms with E-state index in [1.165, 1.54) is 27.5 Å². The Morgan fingerprint density at radius 3 is 2.23 bits per heavy atom. The second-order valence-electron chi connectivity index (χ2n) is 7.05. The lowest BCUT2D eigenvalue weighted by Gasteiger charge is -2.20. The van der Waals surface area contributed by atoms with Gasteiger partial charge in [0.05, 0.1) is 33.1 Å². The van der Waals surface area contributed by atoms with E-state index in [4.69, 9.17) is 14.2 Å². The summed E-state index contributed by atoms with van der Waals surface area (Å²) in [6, 6.07) is 12.6. The maximum atomic E-state index is 12.9. The first-order valence-electron chi connectivity index (χ1n) is 9.46. The van der Waals surface area contributed by atoms with Crippen molar-refractivity contribution < 1.29 is 23.8 Å². The third-order valence-corrected chi connectivity index (χ3v) is 5.05. The van der Waals surface area contributed by atoms with Crippen molar-refractivity contribution >= 4 is 18.2 Å². The minimum Gasteiger partial charge on any atom is -0.496 e. The predicted molar refractivity (Wildman–Crippen MR) is 112 cm³/mol. The highest BCUT2D eigenvalue weighted by Gasteiger charge is 2.47. The van der Waals surface area contributed by atoms with Crippen molar-refractivity contribution in [3.05, 3.63) is 53.6 Å². The van der Waals surface area contributed by atoms with Crippen LogP contribution in [0.1, 0.15) is 24.5 Å². The van der Waals surface area contributed by atoms with Gasteiger partial charge in [-0.1, -0.05) is 30.3 Å². The molecule has 158 valence electrons. The van der Waals surface area contributed by atoms with E-state index in [2.05, 4.69) is 10.4 Å². The van der Waals surface area contributed by atoms with Crippen molar-refractivity contribution in [2.45, 2.75) is 25.3 Å². The Kier molecular flexibility index (Phi) is 6.25. The predicted octanol–water partition coefficient (Wildman–Crippen LogP) is 2.99. The summed E-state index contributed by atoms with van der Waals surface area (Å²) in [5.41, 5.74) is 0.549. The number of methoxy groups -OCH3 is 3. The molecule has 3 rings (SSSR count). The largest absolute Gasteiger partial charge is 0.496 e. The summed E-state index contributed by atoms with van der Waals surface area (Å²) in [4.78, 5) is 25.4. The molecule has 1 N–H and O–H groups in total. The number of carbonyl (C=O) groups excluding carboxylic acids is 2. The van der Waals surface area contributed by atoms with Crippen molar-refractivity contribution in [2.75, 3.05) is 21.3 Å². The zero-order valence-corrected chi connectivity index (χ0v) is 17.5. The van der Waals surface area contributed by atoms with Gasteiger partial charge in [0.25, 0.3) is 5.91 Å². The molecule has 1 fully saturated rings. The van der Waals surface area contributed by atoms with Crippen LogP contribution in [0.4, 0.5) is 4.79 Å². The normalized spacial score (nSPS) is 18.6. The van der Waals surface area contributed by atoms with Crippen molar-refractivity contribution in [3.8, 4) is 17.2 Å². The fraction of sp³-hybridized carbons (Fsp3) is 0.318. The SMILES string of the molecule is COc1cc(OC)c(C=NN2C(=O)N[C@@](C)(CCc3ccccc3)C2=O)c(OC)c1. The molecule has 0 bridgehead atoms. The number of nitrogens with one attached hydrogen (secondary N) is 1. The number of imide groups is 1. The highest BCUT2D eigenvalue weighted by molar-refractivity contribution is 6.07. The molecule has 1 aliphatic heterocycles. The quantitative estimate of drug-likeness (QED) is 0.533. The molecule has 0 aliphatic carbocycles. The second kappa shape index (κ2) is 8.86. The van der Waals surface area contributed by atoms with Gasteiger partial charge >= 0.3 is 6.03 Å². The van der Waals surface area contributed by atoms with Crippen LogP contribution in [0.2, 0.25) is 0 Å². The molecule has 8 nitrogen and oxygen atoms in total. The van der Waals surface area contributed by atoms with Gasteiger partial charge < -0.3 is 19.5 Å². The minimum absolute atomic E-state index is 0.411. The molecule has 1 heterocycles. The maximum absolute atomic E-state index is 12.9. The lowest BCUT2D eigenvalue weighted by molar-refractivity contribution is -0.130. The van der Waals surface area contributed by atoms with Crippen LogP contribution in [-0.2, 0) is 11.2 Å². The molecule has 3 amide bonds. The van der Waals surface area contributed by atoms with Gasteiger partial charge in [-0.2, -0.15) is 5.10 Å². The smallest absolute Gasteiger partial charge is 0.346 e. The molecular formula is C22H25N3O5. The van der Waals surface area contributed by atoms with Crippen LogP contribution < -0.4 is 19.5 Å². The standard InChI is InChI=1S/C22H25N3O5/c1-22(11-10-15-8-6-5-7-9-15)20(26)25(21(27)24-22)23-14-17-18(29-3)12-16(28-2)13-19(17)30-4/h5-9,12-14H,10-11H2,1-4H3,(H,24,27)/t22-/m0/s1. The molecule has 0 saturated carbocycles. The number of carbonyl (C=O) groups is 2. The topological polar surface area (TPSA) is 89.5 Å². The average molecular weight is 411 g/mol. The van der Waals surface area contributed by atoms with Crippen LogP contribution in [-0.4, -0.2) is 50.0 Å². The molecule has 2 aromatic carbocycles. The van der Waals surface area contributed by atoms with Gasteiger partial charge in [0.1, 0.15) is 22.8 Å². The van der Waals surface area contributed by atoms with Crippen LogP contribution in [0.3, 0.4) is 0 Å². The van der Waals surface area contributed by atoms with Crippen molar-refractivity contribution in [1.82, 2.24) is 10.3 Å². The maximum Gasteiger partial charge on any atom is 0.346 e. The first kappa shape index (κ1) is 21.2. The van der Waals surface area contributed by atoms with Crippen molar-refractivity contribution in [2.24, 2.45) is 5.10 Å². The monoisotopic (exact) mass is 411 g/mol. The summed E-state index contributed by atoms with van der Waals surface area (Å²) in [6.45, 7) is 1.71. The van der Waals surface area contributed by atoms with E-state index >= 15 is 0 Å². The Balaban J connectivity index is 1.81.